The number of halogens is 12. The van der Waals surface area contributed by atoms with Crippen LogP contribution in [0.3, 0.4) is 0 Å². The van der Waals surface area contributed by atoms with Crippen molar-refractivity contribution in [2.45, 2.75) is 37.4 Å². The lowest BCUT2D eigenvalue weighted by Gasteiger charge is -2.20. The monoisotopic (exact) mass is 555 g/mol. The van der Waals surface area contributed by atoms with Gasteiger partial charge >= 0.3 is 18.5 Å². The molecule has 2 unspecified atom stereocenters. The average molecular weight is 556 g/mol. The third-order valence-electron chi connectivity index (χ3n) is 4.59. The van der Waals surface area contributed by atoms with E-state index in [1.54, 1.807) is 0 Å². The first-order chi connectivity index (χ1) is 15.8. The first kappa shape index (κ1) is 28.8. The number of amides is 1. The molecule has 1 N–H and O–H groups in total. The van der Waals surface area contributed by atoms with Crippen LogP contribution in [0.2, 0.25) is 10.0 Å². The molecule has 14 heteroatoms. The predicted octanol–water partition coefficient (Wildman–Crippen LogP) is 8.35. The third kappa shape index (κ3) is 7.50. The van der Waals surface area contributed by atoms with Gasteiger partial charge in [-0.05, 0) is 48.9 Å². The zero-order valence-electron chi connectivity index (χ0n) is 17.1. The Labute approximate surface area is 201 Å². The highest BCUT2D eigenvalue weighted by Gasteiger charge is 2.42. The van der Waals surface area contributed by atoms with Gasteiger partial charge in [0.25, 0.3) is 5.91 Å². The van der Waals surface area contributed by atoms with Crippen molar-refractivity contribution in [2.24, 2.45) is 0 Å². The number of carbonyl (C=O) groups excluding carboxylic acids is 1. The average Bonchev–Trinajstić information content (AvgIpc) is 2.68. The summed E-state index contributed by atoms with van der Waals surface area (Å²) < 4.78 is 134. The SMILES string of the molecule is CC(NC(=O)c1ccc(/C(F)=C/C(c2cc(Cl)cc(Cl)c2)C(F)(F)F)cc1C(F)(F)F)C(F)(F)F. The number of alkyl halides is 9. The minimum Gasteiger partial charge on any atom is -0.341 e. The van der Waals surface area contributed by atoms with Gasteiger partial charge in [-0.3, -0.25) is 4.79 Å². The summed E-state index contributed by atoms with van der Waals surface area (Å²) in [6, 6.07) is 1.20. The fourth-order valence-corrected chi connectivity index (χ4v) is 3.40. The van der Waals surface area contributed by atoms with Crippen molar-refractivity contribution in [3.63, 3.8) is 0 Å². The molecule has 2 nitrogen and oxygen atoms in total. The minimum absolute atomic E-state index is 0.0110. The second kappa shape index (κ2) is 10.3. The van der Waals surface area contributed by atoms with E-state index in [-0.39, 0.29) is 22.2 Å². The molecule has 0 aliphatic heterocycles. The molecule has 1 amide bonds. The van der Waals surface area contributed by atoms with E-state index in [0.29, 0.717) is 19.1 Å². The van der Waals surface area contributed by atoms with Gasteiger partial charge in [-0.2, -0.15) is 39.5 Å². The van der Waals surface area contributed by atoms with E-state index in [2.05, 4.69) is 0 Å². The van der Waals surface area contributed by atoms with Gasteiger partial charge in [-0.15, -0.1) is 0 Å². The van der Waals surface area contributed by atoms with Gasteiger partial charge < -0.3 is 5.32 Å². The van der Waals surface area contributed by atoms with Crippen LogP contribution in [-0.4, -0.2) is 24.3 Å². The van der Waals surface area contributed by atoms with Crippen LogP contribution in [0.4, 0.5) is 43.9 Å². The Bertz CT molecular complexity index is 1100. The summed E-state index contributed by atoms with van der Waals surface area (Å²) in [4.78, 5) is 12.0. The predicted molar refractivity (Wildman–Crippen MR) is 109 cm³/mol. The van der Waals surface area contributed by atoms with Crippen molar-refractivity contribution >= 4 is 34.9 Å². The van der Waals surface area contributed by atoms with Crippen molar-refractivity contribution in [1.82, 2.24) is 5.32 Å². The quantitative estimate of drug-likeness (QED) is 0.369. The molecular weight excluding hydrogens is 543 g/mol. The second-order valence-corrected chi connectivity index (χ2v) is 8.10. The van der Waals surface area contributed by atoms with Crippen molar-refractivity contribution in [3.8, 4) is 0 Å². The molecule has 2 atom stereocenters. The molecule has 0 bridgehead atoms. The number of nitrogens with one attached hydrogen (secondary N) is 1. The largest absolute Gasteiger partial charge is 0.417 e. The molecule has 0 fully saturated rings. The summed E-state index contributed by atoms with van der Waals surface area (Å²) in [5.41, 5.74) is -4.72. The van der Waals surface area contributed by atoms with Gasteiger partial charge in [0, 0.05) is 15.6 Å². The molecule has 0 saturated heterocycles. The topological polar surface area (TPSA) is 29.1 Å². The van der Waals surface area contributed by atoms with Crippen LogP contribution in [0.25, 0.3) is 5.83 Å². The number of benzene rings is 2. The van der Waals surface area contributed by atoms with E-state index in [0.717, 1.165) is 18.2 Å². The molecule has 0 aliphatic carbocycles. The number of allylic oxidation sites excluding steroid dienone is 1. The van der Waals surface area contributed by atoms with Crippen molar-refractivity contribution in [2.75, 3.05) is 0 Å². The van der Waals surface area contributed by atoms with E-state index in [1.807, 2.05) is 0 Å². The smallest absolute Gasteiger partial charge is 0.341 e. The maximum Gasteiger partial charge on any atom is 0.417 e. The standard InChI is InChI=1S/C21H13Cl2F10NO/c1-9(19(25,26)27)34-18(35)14-3-2-10(6-16(14)21(31,32)33)17(24)8-15(20(28,29)30)11-4-12(22)7-13(23)5-11/h2-9,15H,1H3,(H,34,35)/b17-8-. The van der Waals surface area contributed by atoms with Gasteiger partial charge in [-0.1, -0.05) is 29.3 Å². The Balaban J connectivity index is 2.55. The summed E-state index contributed by atoms with van der Waals surface area (Å²) in [6.07, 6.45) is -15.4. The Kier molecular flexibility index (Phi) is 8.43. The second-order valence-electron chi connectivity index (χ2n) is 7.23. The molecule has 192 valence electrons. The Hall–Kier alpha value is -2.47. The molecule has 2 aromatic carbocycles. The summed E-state index contributed by atoms with van der Waals surface area (Å²) >= 11 is 11.4. The highest BCUT2D eigenvalue weighted by atomic mass is 35.5. The molecule has 0 spiro atoms. The van der Waals surface area contributed by atoms with Crippen molar-refractivity contribution < 1.29 is 48.7 Å². The highest BCUT2D eigenvalue weighted by Crippen LogP contribution is 2.41. The maximum atomic E-state index is 14.7. The molecule has 2 aromatic rings. The summed E-state index contributed by atoms with van der Waals surface area (Å²) in [7, 11) is 0. The minimum atomic E-state index is -5.35. The lowest BCUT2D eigenvalue weighted by Crippen LogP contribution is -2.43. The third-order valence-corrected chi connectivity index (χ3v) is 5.03. The van der Waals surface area contributed by atoms with Crippen LogP contribution in [0.5, 0.6) is 0 Å². The van der Waals surface area contributed by atoms with Gasteiger partial charge in [0.05, 0.1) is 11.1 Å². The molecule has 0 aliphatic rings. The number of hydrogen-bond donors (Lipinski definition) is 1. The van der Waals surface area contributed by atoms with E-state index in [1.165, 1.54) is 5.32 Å². The Morgan fingerprint density at radius 1 is 0.886 bits per heavy atom. The van der Waals surface area contributed by atoms with Crippen LogP contribution in [-0.2, 0) is 6.18 Å². The van der Waals surface area contributed by atoms with Crippen molar-refractivity contribution in [3.05, 3.63) is 74.8 Å². The van der Waals surface area contributed by atoms with Crippen LogP contribution < -0.4 is 5.32 Å². The van der Waals surface area contributed by atoms with Crippen LogP contribution in [0, 0.1) is 0 Å². The lowest BCUT2D eigenvalue weighted by molar-refractivity contribution is -0.149. The number of carbonyl (C=O) groups is 1. The van der Waals surface area contributed by atoms with Crippen LogP contribution in [0.1, 0.15) is 39.9 Å². The zero-order valence-corrected chi connectivity index (χ0v) is 18.7. The van der Waals surface area contributed by atoms with E-state index in [4.69, 9.17) is 23.2 Å². The molecule has 35 heavy (non-hydrogen) atoms. The normalized spacial score (nSPS) is 15.1. The molecule has 0 aromatic heterocycles. The van der Waals surface area contributed by atoms with Crippen LogP contribution in [0.15, 0.2) is 42.5 Å². The Morgan fingerprint density at radius 2 is 1.43 bits per heavy atom. The van der Waals surface area contributed by atoms with E-state index in [9.17, 15) is 48.7 Å². The van der Waals surface area contributed by atoms with Crippen molar-refractivity contribution in [1.29, 1.82) is 0 Å². The first-order valence-electron chi connectivity index (χ1n) is 9.30. The molecule has 0 saturated carbocycles. The fourth-order valence-electron chi connectivity index (χ4n) is 2.86. The van der Waals surface area contributed by atoms with Gasteiger partial charge in [-0.25, -0.2) is 4.39 Å². The molecular formula is C21H13Cl2F10NO. The molecule has 0 radical (unpaired) electrons. The van der Waals surface area contributed by atoms with E-state index >= 15 is 0 Å². The summed E-state index contributed by atoms with van der Waals surface area (Å²) in [5.74, 6) is -6.17. The van der Waals surface area contributed by atoms with Gasteiger partial charge in [0.15, 0.2) is 0 Å². The van der Waals surface area contributed by atoms with E-state index < -0.39 is 64.5 Å². The molecule has 0 heterocycles. The number of rotatable bonds is 5. The summed E-state index contributed by atoms with van der Waals surface area (Å²) in [6.45, 7) is 0.487. The fraction of sp³-hybridized carbons (Fsp3) is 0.286. The lowest BCUT2D eigenvalue weighted by atomic mass is 9.95. The number of hydrogen-bond acceptors (Lipinski definition) is 1. The highest BCUT2D eigenvalue weighted by molar-refractivity contribution is 6.34. The maximum absolute atomic E-state index is 14.7. The molecule has 2 rings (SSSR count). The van der Waals surface area contributed by atoms with Crippen LogP contribution >= 0.6 is 23.2 Å². The van der Waals surface area contributed by atoms with Gasteiger partial charge in [0.1, 0.15) is 17.8 Å². The first-order valence-corrected chi connectivity index (χ1v) is 10.1. The summed E-state index contributed by atoms with van der Waals surface area (Å²) in [5, 5.41) is 0.916. The Morgan fingerprint density at radius 3 is 1.89 bits per heavy atom. The van der Waals surface area contributed by atoms with Gasteiger partial charge in [0.2, 0.25) is 0 Å². The zero-order chi connectivity index (χ0) is 26.9.